The van der Waals surface area contributed by atoms with E-state index in [2.05, 4.69) is 4.98 Å². The molecule has 3 atom stereocenters. The van der Waals surface area contributed by atoms with Gasteiger partial charge in [-0.1, -0.05) is 40.9 Å². The number of nitrogens with zero attached hydrogens (tertiary/aromatic N) is 4. The molecule has 2 saturated heterocycles. The van der Waals surface area contributed by atoms with Crippen molar-refractivity contribution in [2.24, 2.45) is 0 Å². The Labute approximate surface area is 255 Å². The van der Waals surface area contributed by atoms with E-state index in [1.165, 1.54) is 0 Å². The van der Waals surface area contributed by atoms with Crippen LogP contribution in [0.2, 0.25) is 15.1 Å². The first-order chi connectivity index (χ1) is 19.7. The minimum absolute atomic E-state index is 0.0673. The minimum Gasteiger partial charge on any atom is -0.340 e. The molecule has 0 aliphatic carbocycles. The fraction of sp³-hybridized carbons (Fsp3) is 0.355. The number of likely N-dealkylation sites (N-methyl/N-ethyl adjacent to an activating group) is 1. The number of carbonyl (C=O) groups is 3. The van der Waals surface area contributed by atoms with Crippen LogP contribution in [0.5, 0.6) is 0 Å². The van der Waals surface area contributed by atoms with Crippen molar-refractivity contribution in [3.8, 4) is 0 Å². The standard InChI is InChI=1S/C31H31Cl3N4O3/c1-36(29(39)20-5-8-23(32)9-6-20)27-13-17-37(19-24(27)22-7-10-25(33)26(34)18-22)31(41)28-4-2-3-16-38(28)30(40)21-11-14-35-15-12-21/h5-12,14-15,18,24,27-28H,2-4,13,16-17,19H2,1H3/t24-,27+,28+/m0/s1. The SMILES string of the molecule is CN(C(=O)c1ccc(Cl)cc1)[C@@H]1CCN(C(=O)[C@H]2CCCCN2C(=O)c2ccncc2)C[C@H]1c1ccc(Cl)c(Cl)c1. The van der Waals surface area contributed by atoms with Gasteiger partial charge in [-0.3, -0.25) is 19.4 Å². The van der Waals surface area contributed by atoms with Crippen molar-refractivity contribution in [3.63, 3.8) is 0 Å². The van der Waals surface area contributed by atoms with Gasteiger partial charge in [-0.2, -0.15) is 0 Å². The van der Waals surface area contributed by atoms with E-state index in [4.69, 9.17) is 34.8 Å². The lowest BCUT2D eigenvalue weighted by atomic mass is 9.84. The van der Waals surface area contributed by atoms with Crippen LogP contribution in [-0.4, -0.2) is 76.2 Å². The van der Waals surface area contributed by atoms with E-state index in [0.717, 1.165) is 18.4 Å². The van der Waals surface area contributed by atoms with E-state index in [0.29, 0.717) is 58.7 Å². The summed E-state index contributed by atoms with van der Waals surface area (Å²) in [5.41, 5.74) is 1.95. The number of piperidine rings is 2. The van der Waals surface area contributed by atoms with Crippen LogP contribution in [0.15, 0.2) is 67.0 Å². The Bertz CT molecular complexity index is 1420. The summed E-state index contributed by atoms with van der Waals surface area (Å²) in [6.45, 7) is 1.38. The maximum atomic E-state index is 14.0. The molecule has 214 valence electrons. The highest BCUT2D eigenvalue weighted by Gasteiger charge is 2.41. The van der Waals surface area contributed by atoms with Crippen LogP contribution in [0.4, 0.5) is 0 Å². The van der Waals surface area contributed by atoms with Crippen LogP contribution in [0.3, 0.4) is 0 Å². The molecule has 2 aliphatic rings. The average molecular weight is 614 g/mol. The zero-order valence-electron chi connectivity index (χ0n) is 22.7. The number of rotatable bonds is 5. The van der Waals surface area contributed by atoms with E-state index in [1.54, 1.807) is 71.7 Å². The third-order valence-corrected chi connectivity index (χ3v) is 9.14. The second-order valence-electron chi connectivity index (χ2n) is 10.6. The summed E-state index contributed by atoms with van der Waals surface area (Å²) in [6, 6.07) is 14.9. The molecule has 0 bridgehead atoms. The summed E-state index contributed by atoms with van der Waals surface area (Å²) in [4.78, 5) is 50.2. The monoisotopic (exact) mass is 612 g/mol. The Balaban J connectivity index is 1.41. The number of pyridine rings is 1. The third kappa shape index (κ3) is 6.37. The Morgan fingerprint density at radius 3 is 2.29 bits per heavy atom. The number of likely N-dealkylation sites (tertiary alicyclic amines) is 2. The molecule has 2 aromatic carbocycles. The van der Waals surface area contributed by atoms with Gasteiger partial charge in [0.25, 0.3) is 11.8 Å². The normalized spacial score (nSPS) is 20.9. The molecule has 3 aromatic rings. The maximum absolute atomic E-state index is 14.0. The van der Waals surface area contributed by atoms with Gasteiger partial charge in [-0.25, -0.2) is 0 Å². The van der Waals surface area contributed by atoms with Crippen molar-refractivity contribution < 1.29 is 14.4 Å². The highest BCUT2D eigenvalue weighted by Crippen LogP contribution is 2.35. The van der Waals surface area contributed by atoms with Crippen LogP contribution in [0, 0.1) is 0 Å². The van der Waals surface area contributed by atoms with Gasteiger partial charge in [0.1, 0.15) is 6.04 Å². The molecule has 7 nitrogen and oxygen atoms in total. The van der Waals surface area contributed by atoms with Crippen molar-refractivity contribution >= 4 is 52.5 Å². The Kier molecular flexibility index (Phi) is 9.17. The first kappa shape index (κ1) is 29.4. The number of carbonyl (C=O) groups excluding carboxylic acids is 3. The van der Waals surface area contributed by atoms with Crippen molar-refractivity contribution in [3.05, 3.63) is 98.7 Å². The van der Waals surface area contributed by atoms with Crippen molar-refractivity contribution in [1.29, 1.82) is 0 Å². The zero-order valence-corrected chi connectivity index (χ0v) is 24.9. The number of benzene rings is 2. The lowest BCUT2D eigenvalue weighted by molar-refractivity contribution is -0.139. The topological polar surface area (TPSA) is 73.8 Å². The first-order valence-corrected chi connectivity index (χ1v) is 14.9. The van der Waals surface area contributed by atoms with Crippen LogP contribution in [-0.2, 0) is 4.79 Å². The highest BCUT2D eigenvalue weighted by atomic mass is 35.5. The van der Waals surface area contributed by atoms with Crippen LogP contribution in [0.1, 0.15) is 57.9 Å². The third-order valence-electron chi connectivity index (χ3n) is 8.14. The van der Waals surface area contributed by atoms with E-state index in [1.807, 2.05) is 17.0 Å². The van der Waals surface area contributed by atoms with Crippen molar-refractivity contribution in [2.75, 3.05) is 26.7 Å². The molecule has 0 unspecified atom stereocenters. The molecule has 0 N–H and O–H groups in total. The fourth-order valence-electron chi connectivity index (χ4n) is 5.92. The average Bonchev–Trinajstić information content (AvgIpc) is 3.01. The molecule has 0 saturated carbocycles. The van der Waals surface area contributed by atoms with Crippen LogP contribution in [0.25, 0.3) is 0 Å². The van der Waals surface area contributed by atoms with Gasteiger partial charge < -0.3 is 14.7 Å². The van der Waals surface area contributed by atoms with Gasteiger partial charge in [-0.05, 0) is 79.8 Å². The van der Waals surface area contributed by atoms with Crippen LogP contribution >= 0.6 is 34.8 Å². The molecule has 3 heterocycles. The number of hydrogen-bond acceptors (Lipinski definition) is 4. The predicted molar refractivity (Wildman–Crippen MR) is 161 cm³/mol. The molecule has 10 heteroatoms. The molecule has 1 aromatic heterocycles. The summed E-state index contributed by atoms with van der Waals surface area (Å²) in [5, 5.41) is 1.41. The first-order valence-electron chi connectivity index (χ1n) is 13.7. The smallest absolute Gasteiger partial charge is 0.254 e. The Morgan fingerprint density at radius 2 is 1.59 bits per heavy atom. The summed E-state index contributed by atoms with van der Waals surface area (Å²) < 4.78 is 0. The summed E-state index contributed by atoms with van der Waals surface area (Å²) >= 11 is 18.7. The number of hydrogen-bond donors (Lipinski definition) is 0. The second-order valence-corrected chi connectivity index (χ2v) is 11.8. The predicted octanol–water partition coefficient (Wildman–Crippen LogP) is 6.19. The zero-order chi connectivity index (χ0) is 29.1. The van der Waals surface area contributed by atoms with Gasteiger partial charge >= 0.3 is 0 Å². The summed E-state index contributed by atoms with van der Waals surface area (Å²) in [6.07, 6.45) is 6.08. The summed E-state index contributed by atoms with van der Waals surface area (Å²) in [7, 11) is 1.79. The maximum Gasteiger partial charge on any atom is 0.254 e. The van der Waals surface area contributed by atoms with E-state index in [9.17, 15) is 14.4 Å². The van der Waals surface area contributed by atoms with Gasteiger partial charge in [0.05, 0.1) is 10.0 Å². The molecule has 2 aliphatic heterocycles. The molecule has 0 radical (unpaired) electrons. The lowest BCUT2D eigenvalue weighted by Crippen LogP contribution is -2.57. The van der Waals surface area contributed by atoms with E-state index in [-0.39, 0.29) is 29.7 Å². The second kappa shape index (κ2) is 12.8. The van der Waals surface area contributed by atoms with Crippen LogP contribution < -0.4 is 0 Å². The van der Waals surface area contributed by atoms with Crippen molar-refractivity contribution in [1.82, 2.24) is 19.7 Å². The minimum atomic E-state index is -0.538. The fourth-order valence-corrected chi connectivity index (χ4v) is 6.36. The number of amides is 3. The highest BCUT2D eigenvalue weighted by molar-refractivity contribution is 6.42. The molecular weight excluding hydrogens is 583 g/mol. The van der Waals surface area contributed by atoms with Gasteiger partial charge in [-0.15, -0.1) is 0 Å². The molecule has 0 spiro atoms. The molecule has 3 amide bonds. The van der Waals surface area contributed by atoms with Gasteiger partial charge in [0.15, 0.2) is 0 Å². The molecule has 2 fully saturated rings. The largest absolute Gasteiger partial charge is 0.340 e. The van der Waals surface area contributed by atoms with E-state index >= 15 is 0 Å². The summed E-state index contributed by atoms with van der Waals surface area (Å²) in [5.74, 6) is -0.563. The van der Waals surface area contributed by atoms with Crippen molar-refractivity contribution in [2.45, 2.75) is 43.7 Å². The molecular formula is C31H31Cl3N4O3. The lowest BCUT2D eigenvalue weighted by Gasteiger charge is -2.45. The van der Waals surface area contributed by atoms with E-state index < -0.39 is 6.04 Å². The Morgan fingerprint density at radius 1 is 0.854 bits per heavy atom. The number of aromatic nitrogens is 1. The Hall–Kier alpha value is -3.13. The molecule has 41 heavy (non-hydrogen) atoms. The van der Waals surface area contributed by atoms with Gasteiger partial charge in [0.2, 0.25) is 5.91 Å². The molecule has 5 rings (SSSR count). The van der Waals surface area contributed by atoms with Gasteiger partial charge in [0, 0.05) is 67.2 Å². The number of halogens is 3. The quantitative estimate of drug-likeness (QED) is 0.344.